The molecule has 0 spiro atoms. The second-order valence-electron chi connectivity index (χ2n) is 12.8. The van der Waals surface area contributed by atoms with Gasteiger partial charge in [0.15, 0.2) is 0 Å². The van der Waals surface area contributed by atoms with E-state index < -0.39 is 10.2 Å². The summed E-state index contributed by atoms with van der Waals surface area (Å²) in [6, 6.07) is 44.3. The molecule has 0 unspecified atom stereocenters. The van der Waals surface area contributed by atoms with E-state index in [0.29, 0.717) is 0 Å². The summed E-state index contributed by atoms with van der Waals surface area (Å²) in [7, 11) is -4.94. The summed E-state index contributed by atoms with van der Waals surface area (Å²) in [5, 5.41) is 0. The van der Waals surface area contributed by atoms with Gasteiger partial charge in [-0.2, -0.15) is 0 Å². The third kappa shape index (κ3) is 8.40. The molecular weight excluding hydrogens is 672 g/mol. The molecule has 0 bridgehead atoms. The standard InChI is InChI=1S/C45H37O2.ClHO4/c1-5-16-34(17-6-1)42-30-40-32(26-14-28-38(40)44(46-42)36-20-9-3-10-21-36)24-13-25-33-27-15-29-39-41(33)31-43(35-18-7-2-8-19-35)47-45(39)37-22-11-4-12-23-37;2-1(3,4)5/h1-13,16-25,30-31H,14-15,26-29H2;(H,2,3,4,5)/q+1;/p-1. The Kier molecular flexibility index (Phi) is 10.7. The number of allylic oxidation sites excluding steroid dienone is 8. The van der Waals surface area contributed by atoms with Gasteiger partial charge in [-0.1, -0.05) is 115 Å². The summed E-state index contributed by atoms with van der Waals surface area (Å²) in [5.74, 6) is 3.78. The van der Waals surface area contributed by atoms with E-state index >= 15 is 0 Å². The molecule has 0 atom stereocenters. The predicted octanol–water partition coefficient (Wildman–Crippen LogP) is 7.38. The van der Waals surface area contributed by atoms with Crippen LogP contribution in [0.25, 0.3) is 39.7 Å². The van der Waals surface area contributed by atoms with Crippen molar-refractivity contribution in [2.45, 2.75) is 38.5 Å². The summed E-state index contributed by atoms with van der Waals surface area (Å²) in [6.07, 6.45) is 15.5. The van der Waals surface area contributed by atoms with Crippen LogP contribution in [0.4, 0.5) is 0 Å². The van der Waals surface area contributed by atoms with Gasteiger partial charge in [0.2, 0.25) is 0 Å². The van der Waals surface area contributed by atoms with Crippen LogP contribution in [0.5, 0.6) is 0 Å². The molecule has 7 heteroatoms. The topological polar surface area (TPSA) is 113 Å². The van der Waals surface area contributed by atoms with E-state index in [1.807, 2.05) is 0 Å². The van der Waals surface area contributed by atoms with E-state index in [4.69, 9.17) is 27.8 Å². The normalized spacial score (nSPS) is 16.5. The third-order valence-corrected chi connectivity index (χ3v) is 9.39. The first kappa shape index (κ1) is 35.1. The average Bonchev–Trinajstić information content (AvgIpc) is 3.18. The Morgan fingerprint density at radius 2 is 1.17 bits per heavy atom. The smallest absolute Gasteiger partial charge is 0.364 e. The van der Waals surface area contributed by atoms with Crippen molar-refractivity contribution in [2.75, 3.05) is 0 Å². The SMILES string of the molecule is C1=C(c2ccccc2)OC(c2ccccc2)=C2CCCC(/C=C/C=C3\CCCc4c3cc(-c3ccccc3)[o+]c4-c3ccccc3)=C12.[O-][Cl+3]([O-])([O-])[O-]. The van der Waals surface area contributed by atoms with Crippen molar-refractivity contribution >= 4 is 17.1 Å². The number of benzene rings is 4. The van der Waals surface area contributed by atoms with Gasteiger partial charge in [-0.15, -0.1) is 10.2 Å². The van der Waals surface area contributed by atoms with Crippen LogP contribution in [0.2, 0.25) is 0 Å². The third-order valence-electron chi connectivity index (χ3n) is 9.39. The number of hydrogen-bond acceptors (Lipinski definition) is 5. The lowest BCUT2D eigenvalue weighted by Gasteiger charge is -2.28. The monoisotopic (exact) mass is 708 g/mol. The fourth-order valence-electron chi connectivity index (χ4n) is 7.09. The van der Waals surface area contributed by atoms with Crippen molar-refractivity contribution in [2.24, 2.45) is 0 Å². The van der Waals surface area contributed by atoms with Gasteiger partial charge in [0.1, 0.15) is 11.5 Å². The van der Waals surface area contributed by atoms with Gasteiger partial charge in [-0.25, -0.2) is 23.1 Å². The maximum Gasteiger partial charge on any atom is 0.364 e. The number of halogens is 1. The van der Waals surface area contributed by atoms with Crippen LogP contribution in [0, 0.1) is 10.2 Å². The molecule has 52 heavy (non-hydrogen) atoms. The van der Waals surface area contributed by atoms with Gasteiger partial charge in [-0.3, -0.25) is 0 Å². The molecule has 5 aromatic rings. The number of hydrogen-bond donors (Lipinski definition) is 0. The molecule has 8 rings (SSSR count). The summed E-state index contributed by atoms with van der Waals surface area (Å²) in [4.78, 5) is 0. The van der Waals surface area contributed by atoms with Crippen molar-refractivity contribution in [1.82, 2.24) is 0 Å². The molecule has 2 aliphatic carbocycles. The Balaban J connectivity index is 0.000000789. The molecule has 260 valence electrons. The number of fused-ring (bicyclic) bond motifs is 2. The van der Waals surface area contributed by atoms with E-state index in [1.54, 1.807) is 0 Å². The quantitative estimate of drug-likeness (QED) is 0.170. The van der Waals surface area contributed by atoms with E-state index in [0.717, 1.165) is 83.8 Å². The van der Waals surface area contributed by atoms with Gasteiger partial charge in [-0.05, 0) is 91.1 Å². The van der Waals surface area contributed by atoms with Crippen molar-refractivity contribution < 1.29 is 38.0 Å². The summed E-state index contributed by atoms with van der Waals surface area (Å²) in [5.41, 5.74) is 12.4. The maximum atomic E-state index is 8.49. The van der Waals surface area contributed by atoms with Crippen molar-refractivity contribution in [3.8, 4) is 22.6 Å². The second-order valence-corrected chi connectivity index (χ2v) is 13.5. The molecule has 0 N–H and O–H groups in total. The zero-order valence-electron chi connectivity index (χ0n) is 28.5. The maximum absolute atomic E-state index is 8.49. The second kappa shape index (κ2) is 15.9. The van der Waals surface area contributed by atoms with Crippen LogP contribution in [-0.2, 0) is 11.2 Å². The molecule has 0 radical (unpaired) electrons. The van der Waals surface area contributed by atoms with E-state index in [9.17, 15) is 0 Å². The van der Waals surface area contributed by atoms with Gasteiger partial charge < -0.3 is 4.74 Å². The highest BCUT2D eigenvalue weighted by Crippen LogP contribution is 2.44. The largest absolute Gasteiger partial charge is 0.456 e. The van der Waals surface area contributed by atoms with Crippen molar-refractivity contribution in [3.05, 3.63) is 191 Å². The van der Waals surface area contributed by atoms with E-state index in [-0.39, 0.29) is 0 Å². The first-order chi connectivity index (χ1) is 25.3. The van der Waals surface area contributed by atoms with Crippen LogP contribution < -0.4 is 18.6 Å². The molecular formula is C45H37ClO6. The van der Waals surface area contributed by atoms with Crippen LogP contribution in [-0.4, -0.2) is 0 Å². The zero-order chi connectivity index (χ0) is 35.9. The number of rotatable bonds is 6. The van der Waals surface area contributed by atoms with Crippen LogP contribution >= 0.6 is 0 Å². The van der Waals surface area contributed by atoms with Gasteiger partial charge in [0.05, 0.1) is 22.8 Å². The Labute approximate surface area is 306 Å². The lowest BCUT2D eigenvalue weighted by molar-refractivity contribution is -2.00. The van der Waals surface area contributed by atoms with Crippen molar-refractivity contribution in [1.29, 1.82) is 0 Å². The van der Waals surface area contributed by atoms with E-state index in [1.165, 1.54) is 33.4 Å². The highest BCUT2D eigenvalue weighted by molar-refractivity contribution is 5.83. The first-order valence-electron chi connectivity index (χ1n) is 17.4. The highest BCUT2D eigenvalue weighted by Gasteiger charge is 2.30. The Morgan fingerprint density at radius 3 is 1.81 bits per heavy atom. The van der Waals surface area contributed by atoms with Crippen LogP contribution in [0.3, 0.4) is 0 Å². The molecule has 1 aliphatic heterocycles. The van der Waals surface area contributed by atoms with Gasteiger partial charge >= 0.3 is 11.5 Å². The minimum Gasteiger partial charge on any atom is -0.456 e. The first-order valence-corrected chi connectivity index (χ1v) is 18.6. The molecule has 4 aromatic carbocycles. The van der Waals surface area contributed by atoms with Gasteiger partial charge in [0.25, 0.3) is 0 Å². The minimum atomic E-state index is -4.94. The fourth-order valence-corrected chi connectivity index (χ4v) is 7.09. The highest BCUT2D eigenvalue weighted by atomic mass is 35.7. The van der Waals surface area contributed by atoms with Crippen LogP contribution in [0.1, 0.15) is 54.4 Å². The molecule has 3 aliphatic rings. The molecule has 6 nitrogen and oxygen atoms in total. The lowest BCUT2D eigenvalue weighted by atomic mass is 9.83. The van der Waals surface area contributed by atoms with E-state index in [2.05, 4.69) is 152 Å². The molecule has 0 fully saturated rings. The summed E-state index contributed by atoms with van der Waals surface area (Å²) < 4.78 is 47.3. The Hall–Kier alpha value is -5.34. The average molecular weight is 709 g/mol. The molecule has 1 aromatic heterocycles. The Morgan fingerprint density at radius 1 is 0.615 bits per heavy atom. The predicted molar refractivity (Wildman–Crippen MR) is 194 cm³/mol. The van der Waals surface area contributed by atoms with Gasteiger partial charge in [0, 0.05) is 16.7 Å². The summed E-state index contributed by atoms with van der Waals surface area (Å²) >= 11 is 0. The Bertz CT molecular complexity index is 2170. The lowest BCUT2D eigenvalue weighted by Crippen LogP contribution is -2.68. The molecule has 0 saturated heterocycles. The fraction of sp³-hybridized carbons (Fsp3) is 0.133. The van der Waals surface area contributed by atoms with Crippen molar-refractivity contribution in [3.63, 3.8) is 0 Å². The minimum absolute atomic E-state index is 0.904. The molecule has 0 amide bonds. The zero-order valence-corrected chi connectivity index (χ0v) is 29.3. The molecule has 0 saturated carbocycles. The summed E-state index contributed by atoms with van der Waals surface area (Å²) in [6.45, 7) is 0. The molecule has 2 heterocycles. The number of ether oxygens (including phenoxy) is 1. The van der Waals surface area contributed by atoms with Crippen LogP contribution in [0.15, 0.2) is 173 Å².